The maximum Gasteiger partial charge on any atom is 0.270 e. The van der Waals surface area contributed by atoms with Crippen molar-refractivity contribution in [2.24, 2.45) is 0 Å². The topological polar surface area (TPSA) is 54.3 Å². The van der Waals surface area contributed by atoms with E-state index in [1.807, 2.05) is 62.5 Å². The molecule has 3 aromatic rings. The standard InChI is InChI=1S/C24H23N3O2S/c1-14(2)26-13-17(18-9-5-6-10-21(18)26)12-19-22(28)25-24(30)27(23(19)29)20-11-7-8-15(3)16(20)4/h5-14H,1-4H3,(H,25,28,30)/b19-12+. The molecule has 1 saturated heterocycles. The summed E-state index contributed by atoms with van der Waals surface area (Å²) in [6, 6.07) is 13.9. The molecule has 2 heterocycles. The fourth-order valence-electron chi connectivity index (χ4n) is 3.78. The molecule has 1 aliphatic heterocycles. The van der Waals surface area contributed by atoms with Crippen LogP contribution < -0.4 is 10.2 Å². The molecule has 1 aromatic heterocycles. The van der Waals surface area contributed by atoms with Gasteiger partial charge in [-0.1, -0.05) is 30.3 Å². The van der Waals surface area contributed by atoms with Crippen LogP contribution in [0.1, 0.15) is 36.6 Å². The first kappa shape index (κ1) is 20.0. The molecule has 2 aromatic carbocycles. The summed E-state index contributed by atoms with van der Waals surface area (Å²) in [7, 11) is 0. The SMILES string of the molecule is Cc1cccc(N2C(=O)/C(=C/c3cn(C(C)C)c4ccccc34)C(=O)NC2=S)c1C. The molecule has 0 bridgehead atoms. The summed E-state index contributed by atoms with van der Waals surface area (Å²) in [6.45, 7) is 8.12. The first-order chi connectivity index (χ1) is 14.3. The van der Waals surface area contributed by atoms with E-state index in [4.69, 9.17) is 12.2 Å². The van der Waals surface area contributed by atoms with Gasteiger partial charge in [0, 0.05) is 28.7 Å². The molecule has 6 heteroatoms. The maximum atomic E-state index is 13.4. The number of fused-ring (bicyclic) bond motifs is 1. The molecular formula is C24H23N3O2S. The first-order valence-electron chi connectivity index (χ1n) is 9.87. The van der Waals surface area contributed by atoms with Crippen molar-refractivity contribution < 1.29 is 9.59 Å². The van der Waals surface area contributed by atoms with Crippen molar-refractivity contribution in [1.29, 1.82) is 0 Å². The van der Waals surface area contributed by atoms with Crippen LogP contribution >= 0.6 is 12.2 Å². The van der Waals surface area contributed by atoms with Crippen molar-refractivity contribution in [2.75, 3.05) is 4.90 Å². The predicted octanol–water partition coefficient (Wildman–Crippen LogP) is 4.67. The Balaban J connectivity index is 1.85. The Labute approximate surface area is 181 Å². The number of carbonyl (C=O) groups is 2. The second-order valence-corrected chi connectivity index (χ2v) is 8.17. The van der Waals surface area contributed by atoms with Crippen molar-refractivity contribution >= 4 is 51.8 Å². The number of nitrogens with one attached hydrogen (secondary N) is 1. The predicted molar refractivity (Wildman–Crippen MR) is 124 cm³/mol. The summed E-state index contributed by atoms with van der Waals surface area (Å²) in [5.74, 6) is -0.897. The van der Waals surface area contributed by atoms with Crippen LogP contribution in [0, 0.1) is 13.8 Å². The number of aromatic nitrogens is 1. The minimum atomic E-state index is -0.479. The van der Waals surface area contributed by atoms with Gasteiger partial charge in [0.25, 0.3) is 11.8 Å². The van der Waals surface area contributed by atoms with Crippen molar-refractivity contribution in [1.82, 2.24) is 9.88 Å². The van der Waals surface area contributed by atoms with Gasteiger partial charge < -0.3 is 4.57 Å². The normalized spacial score (nSPS) is 16.1. The molecule has 5 nitrogen and oxygen atoms in total. The summed E-state index contributed by atoms with van der Waals surface area (Å²) < 4.78 is 2.14. The summed E-state index contributed by atoms with van der Waals surface area (Å²) in [5, 5.41) is 3.76. The quantitative estimate of drug-likeness (QED) is 0.383. The highest BCUT2D eigenvalue weighted by molar-refractivity contribution is 7.80. The van der Waals surface area contributed by atoms with Gasteiger partial charge in [-0.05, 0) is 69.2 Å². The van der Waals surface area contributed by atoms with Gasteiger partial charge in [-0.25, -0.2) is 0 Å². The molecule has 30 heavy (non-hydrogen) atoms. The minimum absolute atomic E-state index is 0.0659. The lowest BCUT2D eigenvalue weighted by atomic mass is 10.0. The molecule has 0 aliphatic carbocycles. The zero-order valence-corrected chi connectivity index (χ0v) is 18.2. The van der Waals surface area contributed by atoms with E-state index >= 15 is 0 Å². The number of thiocarbonyl (C=S) groups is 1. The average Bonchev–Trinajstić information content (AvgIpc) is 3.07. The summed E-state index contributed by atoms with van der Waals surface area (Å²) in [4.78, 5) is 27.5. The molecule has 1 fully saturated rings. The van der Waals surface area contributed by atoms with E-state index in [9.17, 15) is 9.59 Å². The summed E-state index contributed by atoms with van der Waals surface area (Å²) in [6.07, 6.45) is 3.65. The van der Waals surface area contributed by atoms with Crippen molar-refractivity contribution in [3.63, 3.8) is 0 Å². The number of rotatable bonds is 3. The second kappa shape index (κ2) is 7.54. The van der Waals surface area contributed by atoms with Crippen LogP contribution in [0.3, 0.4) is 0 Å². The Morgan fingerprint density at radius 3 is 2.50 bits per heavy atom. The van der Waals surface area contributed by atoms with Gasteiger partial charge in [0.15, 0.2) is 5.11 Å². The van der Waals surface area contributed by atoms with E-state index in [2.05, 4.69) is 23.7 Å². The molecule has 152 valence electrons. The lowest BCUT2D eigenvalue weighted by Gasteiger charge is -2.30. The Morgan fingerprint density at radius 1 is 1.03 bits per heavy atom. The van der Waals surface area contributed by atoms with Gasteiger partial charge in [0.05, 0.1) is 5.69 Å². The number of amides is 2. The van der Waals surface area contributed by atoms with Crippen LogP contribution in [-0.2, 0) is 9.59 Å². The zero-order valence-electron chi connectivity index (χ0n) is 17.4. The van der Waals surface area contributed by atoms with Gasteiger partial charge >= 0.3 is 0 Å². The monoisotopic (exact) mass is 417 g/mol. The molecule has 0 radical (unpaired) electrons. The molecule has 0 unspecified atom stereocenters. The van der Waals surface area contributed by atoms with Gasteiger partial charge in [0.2, 0.25) is 0 Å². The number of hydrogen-bond donors (Lipinski definition) is 1. The van der Waals surface area contributed by atoms with Gasteiger partial charge in [-0.3, -0.25) is 19.8 Å². The second-order valence-electron chi connectivity index (χ2n) is 7.78. The first-order valence-corrected chi connectivity index (χ1v) is 10.3. The smallest absolute Gasteiger partial charge is 0.270 e. The highest BCUT2D eigenvalue weighted by Crippen LogP contribution is 2.30. The largest absolute Gasteiger partial charge is 0.344 e. The van der Waals surface area contributed by atoms with E-state index in [0.29, 0.717) is 5.69 Å². The zero-order chi connectivity index (χ0) is 21.6. The van der Waals surface area contributed by atoms with Gasteiger partial charge in [-0.2, -0.15) is 0 Å². The number of nitrogens with zero attached hydrogens (tertiary/aromatic N) is 2. The number of carbonyl (C=O) groups excluding carboxylic acids is 2. The number of anilines is 1. The molecule has 1 N–H and O–H groups in total. The lowest BCUT2D eigenvalue weighted by Crippen LogP contribution is -2.54. The highest BCUT2D eigenvalue weighted by Gasteiger charge is 2.35. The molecule has 2 amide bonds. The molecular weight excluding hydrogens is 394 g/mol. The van der Waals surface area contributed by atoms with Gasteiger partial charge in [-0.15, -0.1) is 0 Å². The van der Waals surface area contributed by atoms with E-state index in [1.165, 1.54) is 4.90 Å². The number of aryl methyl sites for hydroxylation is 1. The molecule has 0 spiro atoms. The molecule has 0 atom stereocenters. The Kier molecular flexibility index (Phi) is 5.03. The van der Waals surface area contributed by atoms with Gasteiger partial charge in [0.1, 0.15) is 5.57 Å². The molecule has 4 rings (SSSR count). The number of para-hydroxylation sites is 1. The van der Waals surface area contributed by atoms with Crippen molar-refractivity contribution in [2.45, 2.75) is 33.7 Å². The number of hydrogen-bond acceptors (Lipinski definition) is 3. The van der Waals surface area contributed by atoms with Crippen LogP contribution in [0.15, 0.2) is 54.2 Å². The third kappa shape index (κ3) is 3.23. The van der Waals surface area contributed by atoms with E-state index in [-0.39, 0.29) is 16.7 Å². The third-order valence-corrected chi connectivity index (χ3v) is 5.83. The highest BCUT2D eigenvalue weighted by atomic mass is 32.1. The lowest BCUT2D eigenvalue weighted by molar-refractivity contribution is -0.122. The fourth-order valence-corrected chi connectivity index (χ4v) is 4.06. The van der Waals surface area contributed by atoms with Crippen LogP contribution in [0.5, 0.6) is 0 Å². The van der Waals surface area contributed by atoms with Crippen LogP contribution in [0.4, 0.5) is 5.69 Å². The summed E-state index contributed by atoms with van der Waals surface area (Å²) >= 11 is 5.34. The fraction of sp³-hybridized carbons (Fsp3) is 0.208. The molecule has 1 aliphatic rings. The van der Waals surface area contributed by atoms with E-state index in [0.717, 1.165) is 27.6 Å². The van der Waals surface area contributed by atoms with Crippen LogP contribution in [0.25, 0.3) is 17.0 Å². The maximum absolute atomic E-state index is 13.4. The average molecular weight is 418 g/mol. The third-order valence-electron chi connectivity index (χ3n) is 5.55. The van der Waals surface area contributed by atoms with E-state index in [1.54, 1.807) is 6.08 Å². The number of benzene rings is 2. The van der Waals surface area contributed by atoms with Crippen molar-refractivity contribution in [3.05, 3.63) is 70.9 Å². The Hall–Kier alpha value is -3.25. The van der Waals surface area contributed by atoms with Crippen molar-refractivity contribution in [3.8, 4) is 0 Å². The summed E-state index contributed by atoms with van der Waals surface area (Å²) in [5.41, 5.74) is 4.62. The Morgan fingerprint density at radius 2 is 1.77 bits per heavy atom. The minimum Gasteiger partial charge on any atom is -0.344 e. The molecule has 0 saturated carbocycles. The Bertz CT molecular complexity index is 1240. The van der Waals surface area contributed by atoms with E-state index < -0.39 is 11.8 Å². The van der Waals surface area contributed by atoms with Crippen LogP contribution in [-0.4, -0.2) is 21.5 Å². The van der Waals surface area contributed by atoms with Crippen LogP contribution in [0.2, 0.25) is 0 Å².